The number of nitrogens with zero attached hydrogens (tertiary/aromatic N) is 2. The summed E-state index contributed by atoms with van der Waals surface area (Å²) < 4.78 is 82.2. The molecule has 0 aromatic heterocycles. The first-order valence-electron chi connectivity index (χ1n) is 24.9. The maximum atomic E-state index is 13.1. The number of esters is 2. The summed E-state index contributed by atoms with van der Waals surface area (Å²) >= 11 is 0. The number of quaternary nitrogens is 2. The highest BCUT2D eigenvalue weighted by atomic mass is 35.5. The second-order valence-corrected chi connectivity index (χ2v) is 18.9. The number of hydrogen-bond donors (Lipinski definition) is 0. The van der Waals surface area contributed by atoms with Crippen LogP contribution in [0.2, 0.25) is 0 Å². The van der Waals surface area contributed by atoms with Gasteiger partial charge in [-0.05, 0) is 58.7 Å². The Hall–Kier alpha value is -6.08. The molecule has 0 fully saturated rings. The summed E-state index contributed by atoms with van der Waals surface area (Å²) in [6.07, 6.45) is 3.69. The number of benzene rings is 4. The van der Waals surface area contributed by atoms with Crippen molar-refractivity contribution in [3.8, 4) is 69.0 Å². The topological polar surface area (TPSA) is 163 Å². The van der Waals surface area contributed by atoms with Gasteiger partial charge in [0.1, 0.15) is 12.1 Å². The normalized spacial score (nSPS) is 18.2. The van der Waals surface area contributed by atoms with Gasteiger partial charge in [-0.15, -0.1) is 0 Å². The number of likely N-dealkylation sites (N-methyl/N-ethyl adjacent to an activating group) is 2. The number of rotatable bonds is 27. The molecule has 0 aliphatic carbocycles. The maximum absolute atomic E-state index is 13.1. The molecule has 0 N–H and O–H groups in total. The molecule has 4 atom stereocenters. The molecule has 0 saturated carbocycles. The van der Waals surface area contributed by atoms with Crippen LogP contribution in [0, 0.1) is 0 Å². The van der Waals surface area contributed by atoms with Crippen molar-refractivity contribution in [3.05, 3.63) is 69.8 Å². The molecule has 76 heavy (non-hydrogen) atoms. The number of ether oxygens (including phenoxy) is 14. The number of methoxy groups -OCH3 is 12. The average molecular weight is 1110 g/mol. The van der Waals surface area contributed by atoms with Gasteiger partial charge in [0.2, 0.25) is 23.0 Å². The van der Waals surface area contributed by atoms with Crippen LogP contribution in [0.1, 0.15) is 71.1 Å². The minimum atomic E-state index is -0.457. The van der Waals surface area contributed by atoms with Crippen molar-refractivity contribution >= 4 is 11.9 Å². The number of hydrogen-bond acceptors (Lipinski definition) is 16. The first-order valence-corrected chi connectivity index (χ1v) is 24.9. The molecule has 4 aromatic carbocycles. The van der Waals surface area contributed by atoms with E-state index in [4.69, 9.17) is 66.3 Å². The van der Waals surface area contributed by atoms with Crippen molar-refractivity contribution in [2.75, 3.05) is 139 Å². The Bertz CT molecular complexity index is 2370. The smallest absolute Gasteiger partial charge is 0.306 e. The summed E-state index contributed by atoms with van der Waals surface area (Å²) in [6.45, 7) is 3.35. The molecule has 2 aliphatic heterocycles. The van der Waals surface area contributed by atoms with Crippen LogP contribution in [0.3, 0.4) is 0 Å². The van der Waals surface area contributed by atoms with Gasteiger partial charge in [-0.25, -0.2) is 0 Å². The van der Waals surface area contributed by atoms with Crippen molar-refractivity contribution in [3.63, 3.8) is 0 Å². The molecular formula is C56H78Cl2N2O16. The molecule has 422 valence electrons. The van der Waals surface area contributed by atoms with E-state index in [1.165, 1.54) is 0 Å². The third-order valence-corrected chi connectivity index (χ3v) is 14.9. The van der Waals surface area contributed by atoms with Crippen molar-refractivity contribution in [2.45, 2.75) is 63.5 Å². The Morgan fingerprint density at radius 1 is 0.421 bits per heavy atom. The van der Waals surface area contributed by atoms with Gasteiger partial charge in [-0.2, -0.15) is 0 Å². The Kier molecular flexibility index (Phi) is 23.3. The highest BCUT2D eigenvalue weighted by Crippen LogP contribution is 2.53. The van der Waals surface area contributed by atoms with Gasteiger partial charge in [-0.3, -0.25) is 9.59 Å². The highest BCUT2D eigenvalue weighted by molar-refractivity contribution is 5.77. The summed E-state index contributed by atoms with van der Waals surface area (Å²) in [6, 6.07) is 11.7. The zero-order valence-corrected chi connectivity index (χ0v) is 48.2. The van der Waals surface area contributed by atoms with Crippen LogP contribution >= 0.6 is 0 Å². The molecule has 0 spiro atoms. The average Bonchev–Trinajstić information content (AvgIpc) is 3.42. The van der Waals surface area contributed by atoms with Crippen molar-refractivity contribution < 1.29 is 110 Å². The Morgan fingerprint density at radius 2 is 0.711 bits per heavy atom. The second kappa shape index (κ2) is 28.3. The monoisotopic (exact) mass is 1100 g/mol. The molecule has 0 bridgehead atoms. The lowest BCUT2D eigenvalue weighted by Crippen LogP contribution is -3.00. The molecule has 0 saturated heterocycles. The minimum Gasteiger partial charge on any atom is -1.00 e. The minimum absolute atomic E-state index is 0. The van der Waals surface area contributed by atoms with Gasteiger partial charge >= 0.3 is 11.9 Å². The molecule has 6 rings (SSSR count). The fourth-order valence-electron chi connectivity index (χ4n) is 11.0. The lowest BCUT2D eigenvalue weighted by Gasteiger charge is -2.46. The van der Waals surface area contributed by atoms with Gasteiger partial charge in [0, 0.05) is 38.5 Å². The van der Waals surface area contributed by atoms with Crippen LogP contribution in [0.25, 0.3) is 0 Å². The van der Waals surface area contributed by atoms with Crippen LogP contribution in [-0.2, 0) is 44.7 Å². The second-order valence-electron chi connectivity index (χ2n) is 18.9. The van der Waals surface area contributed by atoms with Crippen LogP contribution in [0.4, 0.5) is 0 Å². The van der Waals surface area contributed by atoms with E-state index in [-0.39, 0.29) is 63.0 Å². The van der Waals surface area contributed by atoms with Gasteiger partial charge in [-0.1, -0.05) is 0 Å². The van der Waals surface area contributed by atoms with Gasteiger partial charge in [0.15, 0.2) is 46.0 Å². The molecule has 20 heteroatoms. The van der Waals surface area contributed by atoms with E-state index in [2.05, 4.69) is 14.1 Å². The van der Waals surface area contributed by atoms with E-state index >= 15 is 0 Å². The number of fused-ring (bicyclic) bond motifs is 2. The summed E-state index contributed by atoms with van der Waals surface area (Å²) in [4.78, 5) is 26.2. The number of halogens is 2. The van der Waals surface area contributed by atoms with Gasteiger partial charge in [0.05, 0.1) is 163 Å². The third-order valence-electron chi connectivity index (χ3n) is 14.9. The zero-order chi connectivity index (χ0) is 53.7. The van der Waals surface area contributed by atoms with E-state index < -0.39 is 11.9 Å². The summed E-state index contributed by atoms with van der Waals surface area (Å²) in [7, 11) is 23.7. The van der Waals surface area contributed by atoms with Crippen LogP contribution in [0.15, 0.2) is 36.4 Å². The molecule has 2 aliphatic rings. The van der Waals surface area contributed by atoms with E-state index in [0.29, 0.717) is 117 Å². The quantitative estimate of drug-likeness (QED) is 0.0482. The Labute approximate surface area is 460 Å². The highest BCUT2D eigenvalue weighted by Gasteiger charge is 2.45. The predicted octanol–water partition coefficient (Wildman–Crippen LogP) is 1.72. The molecule has 18 nitrogen and oxygen atoms in total. The van der Waals surface area contributed by atoms with E-state index in [9.17, 15) is 9.59 Å². The Balaban J connectivity index is 0.00000624. The van der Waals surface area contributed by atoms with E-state index in [0.717, 1.165) is 59.3 Å². The largest absolute Gasteiger partial charge is 1.00 e. The lowest BCUT2D eigenvalue weighted by molar-refractivity contribution is -0.941. The van der Waals surface area contributed by atoms with Crippen LogP contribution in [0.5, 0.6) is 69.0 Å². The molecular weight excluding hydrogens is 1030 g/mol. The Morgan fingerprint density at radius 3 is 0.987 bits per heavy atom. The SMILES string of the molecule is COc1cc(CC2c3c(cc(OC)c(OC)c3OC)CC[N+]2(C)CCCOC(=O)CCC(=O)OCCC[N+]2(C)CCc3cc(OC)c(OC)c(OC)c3C2Cc2cc(OC)c(OC)c(OC)c2)cc(OC)c1OC.[Cl-].[Cl-]. The fraction of sp³-hybridized carbons (Fsp3) is 0.536. The fourth-order valence-corrected chi connectivity index (χ4v) is 11.0. The lowest BCUT2D eigenvalue weighted by atomic mass is 9.85. The number of carbonyl (C=O) groups is 2. The predicted molar refractivity (Wildman–Crippen MR) is 277 cm³/mol. The zero-order valence-electron chi connectivity index (χ0n) is 46.7. The molecule has 0 radical (unpaired) electrons. The molecule has 4 unspecified atom stereocenters. The first-order chi connectivity index (χ1) is 35.7. The summed E-state index contributed by atoms with van der Waals surface area (Å²) in [5.74, 6) is 5.85. The summed E-state index contributed by atoms with van der Waals surface area (Å²) in [5, 5.41) is 0. The first kappa shape index (κ1) is 62.5. The molecule has 4 aromatic rings. The van der Waals surface area contributed by atoms with Crippen molar-refractivity contribution in [2.24, 2.45) is 0 Å². The molecule has 0 amide bonds. The van der Waals surface area contributed by atoms with E-state index in [1.807, 2.05) is 36.4 Å². The standard InChI is InChI=1S/C56H78N2O16.2ClH/c1-57(23-19-37-33-45(65-7)53(69-11)55(71-13)49(37)39(57)27-35-29-41(61-3)51(67-9)42(30-35)62-4)21-15-25-73-47(59)17-18-48(60)74-26-16-22-58(2)24-20-38-34-46(66-8)54(70-12)56(72-14)50(38)40(58)28-36-31-43(63-5)52(68-10)44(32-36)64-6;;/h29-34,39-40H,15-28H2,1-14H3;2*1H/q+2;;/p-2. The van der Waals surface area contributed by atoms with Gasteiger partial charge in [0.25, 0.3) is 0 Å². The van der Waals surface area contributed by atoms with E-state index in [1.54, 1.807) is 85.3 Å². The van der Waals surface area contributed by atoms with Gasteiger partial charge < -0.3 is 100 Å². The maximum Gasteiger partial charge on any atom is 0.306 e. The van der Waals surface area contributed by atoms with Crippen LogP contribution in [-0.4, -0.2) is 160 Å². The number of carbonyl (C=O) groups excluding carboxylic acids is 2. The van der Waals surface area contributed by atoms with Crippen LogP contribution < -0.4 is 81.7 Å². The molecule has 2 heterocycles. The van der Waals surface area contributed by atoms with Crippen molar-refractivity contribution in [1.82, 2.24) is 0 Å². The van der Waals surface area contributed by atoms with Crippen molar-refractivity contribution in [1.29, 1.82) is 0 Å². The summed E-state index contributed by atoms with van der Waals surface area (Å²) in [5.41, 5.74) is 6.22. The third kappa shape index (κ3) is 13.4.